The van der Waals surface area contributed by atoms with Gasteiger partial charge in [-0.05, 0) is 0 Å². The second-order valence-corrected chi connectivity index (χ2v) is 3.97. The molecule has 21 heavy (non-hydrogen) atoms. The van der Waals surface area contributed by atoms with Crippen LogP contribution in [0.25, 0.3) is 22.3 Å². The molecule has 2 heterocycles. The molecular formula is C12H3F5N4. The van der Waals surface area contributed by atoms with E-state index in [0.717, 1.165) is 6.33 Å². The van der Waals surface area contributed by atoms with Crippen molar-refractivity contribution in [2.24, 2.45) is 0 Å². The van der Waals surface area contributed by atoms with E-state index >= 15 is 0 Å². The van der Waals surface area contributed by atoms with Crippen LogP contribution in [-0.4, -0.2) is 20.2 Å². The maximum atomic E-state index is 14.2. The van der Waals surface area contributed by atoms with Crippen LogP contribution in [0.4, 0.5) is 22.0 Å². The van der Waals surface area contributed by atoms with Crippen molar-refractivity contribution in [3.8, 4) is 11.1 Å². The molecular weight excluding hydrogens is 295 g/mol. The topological polar surface area (TPSA) is 51.6 Å². The number of aromatic nitrogens is 4. The van der Waals surface area contributed by atoms with E-state index in [4.69, 9.17) is 0 Å². The molecule has 0 saturated heterocycles. The first-order valence-corrected chi connectivity index (χ1v) is 5.46. The van der Waals surface area contributed by atoms with E-state index in [-0.39, 0.29) is 0 Å². The quantitative estimate of drug-likeness (QED) is 0.512. The number of hydrogen-bond acceptors (Lipinski definition) is 4. The van der Waals surface area contributed by atoms with Crippen LogP contribution in [0.5, 0.6) is 0 Å². The normalized spacial score (nSPS) is 11.1. The van der Waals surface area contributed by atoms with Crippen molar-refractivity contribution < 1.29 is 22.0 Å². The molecule has 0 fully saturated rings. The fourth-order valence-corrected chi connectivity index (χ4v) is 1.85. The average molecular weight is 298 g/mol. The van der Waals surface area contributed by atoms with E-state index < -0.39 is 51.5 Å². The molecule has 0 aliphatic rings. The van der Waals surface area contributed by atoms with Crippen LogP contribution in [-0.2, 0) is 0 Å². The highest BCUT2D eigenvalue weighted by Gasteiger charge is 2.25. The molecule has 4 nitrogen and oxygen atoms in total. The molecule has 2 aromatic heterocycles. The van der Waals surface area contributed by atoms with Crippen molar-refractivity contribution in [3.05, 3.63) is 47.7 Å². The van der Waals surface area contributed by atoms with Gasteiger partial charge in [0.15, 0.2) is 5.82 Å². The maximum absolute atomic E-state index is 14.2. The summed E-state index contributed by atoms with van der Waals surface area (Å²) < 4.78 is 68.3. The third-order valence-electron chi connectivity index (χ3n) is 2.70. The molecule has 9 heteroatoms. The molecule has 106 valence electrons. The summed E-state index contributed by atoms with van der Waals surface area (Å²) in [5, 5.41) is 6.64. The van der Waals surface area contributed by atoms with E-state index in [0.29, 0.717) is 12.1 Å². The van der Waals surface area contributed by atoms with Gasteiger partial charge in [-0.15, -0.1) is 10.2 Å². The molecule has 0 aliphatic heterocycles. The van der Waals surface area contributed by atoms with Crippen molar-refractivity contribution in [1.82, 2.24) is 20.2 Å². The second-order valence-electron chi connectivity index (χ2n) is 3.97. The monoisotopic (exact) mass is 298 g/mol. The number of hydrogen-bond donors (Lipinski definition) is 0. The van der Waals surface area contributed by atoms with Crippen LogP contribution in [0.15, 0.2) is 18.5 Å². The van der Waals surface area contributed by atoms with Gasteiger partial charge in [0.05, 0.1) is 11.1 Å². The Kier molecular flexibility index (Phi) is 2.96. The Morgan fingerprint density at radius 3 is 2.19 bits per heavy atom. The Hall–Kier alpha value is -2.71. The molecule has 0 bridgehead atoms. The first-order chi connectivity index (χ1) is 9.99. The smallest absolute Gasteiger partial charge is 0.226 e. The van der Waals surface area contributed by atoms with Crippen molar-refractivity contribution >= 4 is 11.2 Å². The van der Waals surface area contributed by atoms with Crippen LogP contribution >= 0.6 is 0 Å². The van der Waals surface area contributed by atoms with Gasteiger partial charge in [-0.3, -0.25) is 0 Å². The number of pyridine rings is 1. The van der Waals surface area contributed by atoms with E-state index in [2.05, 4.69) is 20.2 Å². The van der Waals surface area contributed by atoms with Crippen molar-refractivity contribution in [3.63, 3.8) is 0 Å². The third kappa shape index (κ3) is 2.06. The third-order valence-corrected chi connectivity index (χ3v) is 2.70. The van der Waals surface area contributed by atoms with Gasteiger partial charge in [-0.2, -0.15) is 9.37 Å². The van der Waals surface area contributed by atoms with Crippen molar-refractivity contribution in [1.29, 1.82) is 0 Å². The molecule has 3 rings (SSSR count). The van der Waals surface area contributed by atoms with E-state index in [9.17, 15) is 22.0 Å². The number of fused-ring (bicyclic) bond motifs is 1. The molecule has 0 radical (unpaired) electrons. The van der Waals surface area contributed by atoms with Gasteiger partial charge in [0.2, 0.25) is 11.6 Å². The zero-order valence-corrected chi connectivity index (χ0v) is 9.91. The molecule has 3 aromatic rings. The molecule has 1 aromatic carbocycles. The van der Waals surface area contributed by atoms with E-state index in [1.54, 1.807) is 0 Å². The number of rotatable bonds is 1. The summed E-state index contributed by atoms with van der Waals surface area (Å²) in [6.07, 6.45) is 0.867. The minimum atomic E-state index is -1.51. The lowest BCUT2D eigenvalue weighted by Crippen LogP contribution is -2.03. The molecule has 0 aliphatic carbocycles. The summed E-state index contributed by atoms with van der Waals surface area (Å²) in [6.45, 7) is 0. The van der Waals surface area contributed by atoms with Crippen LogP contribution in [0, 0.1) is 29.2 Å². The molecule has 0 N–H and O–H groups in total. The second kappa shape index (κ2) is 4.69. The van der Waals surface area contributed by atoms with E-state index in [1.807, 2.05) is 0 Å². The number of nitrogens with zero attached hydrogens (tertiary/aromatic N) is 4. The Morgan fingerprint density at radius 1 is 0.857 bits per heavy atom. The first kappa shape index (κ1) is 13.3. The SMILES string of the molecule is Fc1cc(F)c(-c2c(F)nc3nncnc3c2F)c(F)c1. The Bertz CT molecular complexity index is 845. The molecule has 0 amide bonds. The first-order valence-electron chi connectivity index (χ1n) is 5.46. The summed E-state index contributed by atoms with van der Waals surface area (Å²) in [7, 11) is 0. The summed E-state index contributed by atoms with van der Waals surface area (Å²) in [5.41, 5.74) is -3.12. The van der Waals surface area contributed by atoms with E-state index in [1.165, 1.54) is 0 Å². The van der Waals surface area contributed by atoms with Crippen molar-refractivity contribution in [2.75, 3.05) is 0 Å². The van der Waals surface area contributed by atoms with Gasteiger partial charge in [-0.1, -0.05) is 0 Å². The fraction of sp³-hybridized carbons (Fsp3) is 0. The summed E-state index contributed by atoms with van der Waals surface area (Å²) in [5.74, 6) is -7.02. The Balaban J connectivity index is 2.41. The zero-order chi connectivity index (χ0) is 15.1. The van der Waals surface area contributed by atoms with Gasteiger partial charge in [0, 0.05) is 12.1 Å². The highest BCUT2D eigenvalue weighted by molar-refractivity contribution is 5.78. The number of halogens is 5. The average Bonchev–Trinajstić information content (AvgIpc) is 2.41. The summed E-state index contributed by atoms with van der Waals surface area (Å²) in [6, 6.07) is 0.611. The van der Waals surface area contributed by atoms with Gasteiger partial charge in [-0.25, -0.2) is 22.5 Å². The predicted molar refractivity (Wildman–Crippen MR) is 60.4 cm³/mol. The van der Waals surface area contributed by atoms with Crippen LogP contribution in [0.3, 0.4) is 0 Å². The Morgan fingerprint density at radius 2 is 1.52 bits per heavy atom. The zero-order valence-electron chi connectivity index (χ0n) is 9.91. The standard InChI is InChI=1S/C12H3F5N4/c13-4-1-5(14)7(6(15)2-4)8-9(16)10-12(20-11(8)17)21-19-3-18-10/h1-3H. The lowest BCUT2D eigenvalue weighted by Gasteiger charge is -2.08. The fourth-order valence-electron chi connectivity index (χ4n) is 1.85. The molecule has 0 spiro atoms. The van der Waals surface area contributed by atoms with Gasteiger partial charge >= 0.3 is 0 Å². The van der Waals surface area contributed by atoms with Gasteiger partial charge in [0.25, 0.3) is 0 Å². The highest BCUT2D eigenvalue weighted by atomic mass is 19.2. The number of benzene rings is 1. The summed E-state index contributed by atoms with van der Waals surface area (Å²) in [4.78, 5) is 6.74. The lowest BCUT2D eigenvalue weighted by molar-refractivity contribution is 0.533. The van der Waals surface area contributed by atoms with Gasteiger partial charge in [0.1, 0.15) is 29.3 Å². The minimum absolute atomic E-state index is 0.305. The molecule has 0 unspecified atom stereocenters. The highest BCUT2D eigenvalue weighted by Crippen LogP contribution is 2.32. The molecule has 0 atom stereocenters. The lowest BCUT2D eigenvalue weighted by atomic mass is 10.0. The minimum Gasteiger partial charge on any atom is -0.228 e. The molecule has 0 saturated carbocycles. The summed E-state index contributed by atoms with van der Waals surface area (Å²) >= 11 is 0. The predicted octanol–water partition coefficient (Wildman–Crippen LogP) is 2.78. The maximum Gasteiger partial charge on any atom is 0.226 e. The largest absolute Gasteiger partial charge is 0.228 e. The van der Waals surface area contributed by atoms with Crippen LogP contribution in [0.2, 0.25) is 0 Å². The Labute approximate surface area is 113 Å². The van der Waals surface area contributed by atoms with Crippen molar-refractivity contribution in [2.45, 2.75) is 0 Å². The van der Waals surface area contributed by atoms with Crippen LogP contribution in [0.1, 0.15) is 0 Å². The van der Waals surface area contributed by atoms with Gasteiger partial charge < -0.3 is 0 Å². The van der Waals surface area contributed by atoms with Crippen LogP contribution < -0.4 is 0 Å².